The molecule has 1 aliphatic heterocycles. The minimum atomic E-state index is -0.581. The van der Waals surface area contributed by atoms with Crippen LogP contribution in [0, 0.1) is 11.7 Å². The molecular formula is C20H21FN2O3. The number of methoxy groups -OCH3 is 1. The van der Waals surface area contributed by atoms with Gasteiger partial charge in [-0.15, -0.1) is 0 Å². The number of amides is 1. The minimum absolute atomic E-state index is 0.0767. The fraction of sp³-hybridized carbons (Fsp3) is 0.350. The summed E-state index contributed by atoms with van der Waals surface area (Å²) in [4.78, 5) is 29.1. The normalized spacial score (nSPS) is 16.5. The number of likely N-dealkylation sites (tertiary alicyclic amines) is 1. The molecule has 0 spiro atoms. The quantitative estimate of drug-likeness (QED) is 0.773. The van der Waals surface area contributed by atoms with Gasteiger partial charge in [0.15, 0.2) is 5.82 Å². The molecule has 0 N–H and O–H groups in total. The first-order valence-electron chi connectivity index (χ1n) is 8.60. The van der Waals surface area contributed by atoms with Gasteiger partial charge in [-0.3, -0.25) is 14.6 Å². The molecule has 0 bridgehead atoms. The Labute approximate surface area is 151 Å². The molecule has 1 fully saturated rings. The molecule has 136 valence electrons. The highest BCUT2D eigenvalue weighted by Crippen LogP contribution is 2.23. The standard InChI is InChI=1S/C20H21FN2O3/c1-26-19(24)11-15-4-2-14(3-5-15)10-16-7-9-23(13-16)20(25)17-6-8-22-12-18(17)21/h2-6,8,12,16H,7,9-11,13H2,1H3. The number of benzene rings is 1. The van der Waals surface area contributed by atoms with Gasteiger partial charge >= 0.3 is 5.97 Å². The number of carbonyl (C=O) groups is 2. The number of pyridine rings is 1. The minimum Gasteiger partial charge on any atom is -0.469 e. The van der Waals surface area contributed by atoms with Crippen LogP contribution in [0.2, 0.25) is 0 Å². The molecular weight excluding hydrogens is 335 g/mol. The molecule has 1 unspecified atom stereocenters. The number of halogens is 1. The van der Waals surface area contributed by atoms with E-state index in [1.807, 2.05) is 24.3 Å². The Balaban J connectivity index is 1.57. The van der Waals surface area contributed by atoms with Gasteiger partial charge in [-0.25, -0.2) is 4.39 Å². The van der Waals surface area contributed by atoms with Crippen molar-refractivity contribution in [2.45, 2.75) is 19.3 Å². The smallest absolute Gasteiger partial charge is 0.309 e. The summed E-state index contributed by atoms with van der Waals surface area (Å²) < 4.78 is 18.4. The Hall–Kier alpha value is -2.76. The number of hydrogen-bond donors (Lipinski definition) is 0. The van der Waals surface area contributed by atoms with Gasteiger partial charge in [-0.05, 0) is 36.0 Å². The van der Waals surface area contributed by atoms with E-state index in [-0.39, 0.29) is 23.9 Å². The first-order valence-corrected chi connectivity index (χ1v) is 8.60. The van der Waals surface area contributed by atoms with E-state index in [0.717, 1.165) is 30.2 Å². The Bertz CT molecular complexity index is 792. The van der Waals surface area contributed by atoms with Gasteiger partial charge in [0.25, 0.3) is 5.91 Å². The van der Waals surface area contributed by atoms with E-state index in [1.54, 1.807) is 4.90 Å². The summed E-state index contributed by atoms with van der Waals surface area (Å²) in [5, 5.41) is 0. The van der Waals surface area contributed by atoms with Crippen LogP contribution in [0.15, 0.2) is 42.7 Å². The number of esters is 1. The maximum Gasteiger partial charge on any atom is 0.309 e. The van der Waals surface area contributed by atoms with Crippen LogP contribution in [0.3, 0.4) is 0 Å². The van der Waals surface area contributed by atoms with E-state index in [1.165, 1.54) is 19.4 Å². The lowest BCUT2D eigenvalue weighted by atomic mass is 9.97. The first-order chi connectivity index (χ1) is 12.6. The number of nitrogens with zero attached hydrogens (tertiary/aromatic N) is 2. The number of carbonyl (C=O) groups excluding carboxylic acids is 2. The molecule has 2 heterocycles. The van der Waals surface area contributed by atoms with Gasteiger partial charge in [0, 0.05) is 19.3 Å². The maximum atomic E-state index is 13.7. The van der Waals surface area contributed by atoms with Gasteiger partial charge in [-0.1, -0.05) is 24.3 Å². The van der Waals surface area contributed by atoms with Crippen molar-refractivity contribution in [1.82, 2.24) is 9.88 Å². The third-order valence-electron chi connectivity index (χ3n) is 4.70. The lowest BCUT2D eigenvalue weighted by Gasteiger charge is -2.17. The molecule has 1 aromatic heterocycles. The van der Waals surface area contributed by atoms with Crippen molar-refractivity contribution in [3.63, 3.8) is 0 Å². The largest absolute Gasteiger partial charge is 0.469 e. The van der Waals surface area contributed by atoms with Gasteiger partial charge < -0.3 is 9.64 Å². The van der Waals surface area contributed by atoms with E-state index in [2.05, 4.69) is 9.72 Å². The van der Waals surface area contributed by atoms with Crippen molar-refractivity contribution >= 4 is 11.9 Å². The monoisotopic (exact) mass is 356 g/mol. The van der Waals surface area contributed by atoms with Gasteiger partial charge in [-0.2, -0.15) is 0 Å². The topological polar surface area (TPSA) is 59.5 Å². The molecule has 1 saturated heterocycles. The maximum absolute atomic E-state index is 13.7. The van der Waals surface area contributed by atoms with Crippen LogP contribution in [0.5, 0.6) is 0 Å². The second-order valence-electron chi connectivity index (χ2n) is 6.53. The van der Waals surface area contributed by atoms with E-state index in [9.17, 15) is 14.0 Å². The molecule has 1 aliphatic rings. The third-order valence-corrected chi connectivity index (χ3v) is 4.70. The molecule has 2 aromatic rings. The average molecular weight is 356 g/mol. The first kappa shape index (κ1) is 18.0. The number of aromatic nitrogens is 1. The van der Waals surface area contributed by atoms with Crippen LogP contribution in [-0.2, 0) is 22.4 Å². The van der Waals surface area contributed by atoms with Crippen LogP contribution >= 0.6 is 0 Å². The van der Waals surface area contributed by atoms with E-state index < -0.39 is 5.82 Å². The summed E-state index contributed by atoms with van der Waals surface area (Å²) in [7, 11) is 1.38. The Morgan fingerprint density at radius 3 is 2.65 bits per heavy atom. The highest BCUT2D eigenvalue weighted by Gasteiger charge is 2.28. The summed E-state index contributed by atoms with van der Waals surface area (Å²) in [5.41, 5.74) is 2.15. The molecule has 1 amide bonds. The van der Waals surface area contributed by atoms with Gasteiger partial charge in [0.2, 0.25) is 0 Å². The predicted octanol–water partition coefficient (Wildman–Crippen LogP) is 2.64. The SMILES string of the molecule is COC(=O)Cc1ccc(CC2CCN(C(=O)c3ccncc3F)C2)cc1. The van der Waals surface area contributed by atoms with E-state index in [4.69, 9.17) is 0 Å². The predicted molar refractivity (Wildman–Crippen MR) is 94.1 cm³/mol. The lowest BCUT2D eigenvalue weighted by molar-refractivity contribution is -0.139. The second-order valence-corrected chi connectivity index (χ2v) is 6.53. The fourth-order valence-electron chi connectivity index (χ4n) is 3.27. The fourth-order valence-corrected chi connectivity index (χ4v) is 3.27. The summed E-state index contributed by atoms with van der Waals surface area (Å²) in [5.74, 6) is -0.774. The van der Waals surface area contributed by atoms with Gasteiger partial charge in [0.05, 0.1) is 25.3 Å². The average Bonchev–Trinajstić information content (AvgIpc) is 3.11. The van der Waals surface area contributed by atoms with E-state index in [0.29, 0.717) is 19.0 Å². The van der Waals surface area contributed by atoms with Crippen molar-refractivity contribution in [2.24, 2.45) is 5.92 Å². The van der Waals surface area contributed by atoms with Crippen LogP contribution in [0.25, 0.3) is 0 Å². The summed E-state index contributed by atoms with van der Waals surface area (Å²) in [6.07, 6.45) is 4.50. The summed E-state index contributed by atoms with van der Waals surface area (Å²) in [6.45, 7) is 1.25. The van der Waals surface area contributed by atoms with Crippen LogP contribution < -0.4 is 0 Å². The highest BCUT2D eigenvalue weighted by atomic mass is 19.1. The third kappa shape index (κ3) is 4.25. The molecule has 0 saturated carbocycles. The van der Waals surface area contributed by atoms with Crippen molar-refractivity contribution in [3.05, 3.63) is 65.2 Å². The molecule has 1 atom stereocenters. The van der Waals surface area contributed by atoms with Gasteiger partial charge in [0.1, 0.15) is 0 Å². The number of rotatable bonds is 5. The zero-order valence-corrected chi connectivity index (χ0v) is 14.7. The lowest BCUT2D eigenvalue weighted by Crippen LogP contribution is -2.29. The zero-order chi connectivity index (χ0) is 18.5. The van der Waals surface area contributed by atoms with Crippen molar-refractivity contribution in [1.29, 1.82) is 0 Å². The van der Waals surface area contributed by atoms with Crippen molar-refractivity contribution in [3.8, 4) is 0 Å². The Morgan fingerprint density at radius 2 is 1.96 bits per heavy atom. The van der Waals surface area contributed by atoms with Crippen LogP contribution in [0.1, 0.15) is 27.9 Å². The molecule has 0 aliphatic carbocycles. The van der Waals surface area contributed by atoms with Crippen molar-refractivity contribution in [2.75, 3.05) is 20.2 Å². The van der Waals surface area contributed by atoms with Crippen molar-refractivity contribution < 1.29 is 18.7 Å². The summed E-state index contributed by atoms with van der Waals surface area (Å²) in [6, 6.07) is 9.29. The molecule has 0 radical (unpaired) electrons. The number of ether oxygens (including phenoxy) is 1. The summed E-state index contributed by atoms with van der Waals surface area (Å²) >= 11 is 0. The zero-order valence-electron chi connectivity index (χ0n) is 14.7. The molecule has 1 aromatic carbocycles. The molecule has 3 rings (SSSR count). The molecule has 26 heavy (non-hydrogen) atoms. The van der Waals surface area contributed by atoms with Crippen LogP contribution in [-0.4, -0.2) is 42.0 Å². The molecule has 6 heteroatoms. The second kappa shape index (κ2) is 8.08. The highest BCUT2D eigenvalue weighted by molar-refractivity contribution is 5.94. The number of hydrogen-bond acceptors (Lipinski definition) is 4. The van der Waals surface area contributed by atoms with Crippen LogP contribution in [0.4, 0.5) is 4.39 Å². The Morgan fingerprint density at radius 1 is 1.23 bits per heavy atom. The Kier molecular flexibility index (Phi) is 5.61. The molecule has 5 nitrogen and oxygen atoms in total. The van der Waals surface area contributed by atoms with E-state index >= 15 is 0 Å².